The molecule has 1 saturated carbocycles. The molecule has 2 fully saturated rings. The van der Waals surface area contributed by atoms with Gasteiger partial charge in [-0.05, 0) is 151 Å². The summed E-state index contributed by atoms with van der Waals surface area (Å²) < 4.78 is 33.1. The molecule has 1 N–H and O–H groups in total. The zero-order chi connectivity index (χ0) is 51.6. The van der Waals surface area contributed by atoms with E-state index in [1.54, 1.807) is 38.1 Å². The van der Waals surface area contributed by atoms with E-state index in [-0.39, 0.29) is 49.2 Å². The van der Waals surface area contributed by atoms with Gasteiger partial charge in [0.1, 0.15) is 11.5 Å². The van der Waals surface area contributed by atoms with E-state index < -0.39 is 23.3 Å². The summed E-state index contributed by atoms with van der Waals surface area (Å²) in [5.41, 5.74) is 7.50. The maximum atomic E-state index is 12.8. The number of fused-ring (bicyclic) bond motifs is 2. The summed E-state index contributed by atoms with van der Waals surface area (Å²) in [4.78, 5) is 55.4. The van der Waals surface area contributed by atoms with Crippen LogP contribution in [0.15, 0.2) is 81.8 Å². The van der Waals surface area contributed by atoms with E-state index in [4.69, 9.17) is 41.1 Å². The van der Waals surface area contributed by atoms with Crippen molar-refractivity contribution in [3.05, 3.63) is 118 Å². The van der Waals surface area contributed by atoms with Crippen LogP contribution in [0.3, 0.4) is 0 Å². The van der Waals surface area contributed by atoms with E-state index in [1.165, 1.54) is 16.7 Å². The number of rotatable bonds is 15. The van der Waals surface area contributed by atoms with Gasteiger partial charge in [-0.2, -0.15) is 9.97 Å². The third-order valence-electron chi connectivity index (χ3n) is 14.1. The van der Waals surface area contributed by atoms with Crippen LogP contribution in [-0.2, 0) is 36.7 Å². The fourth-order valence-corrected chi connectivity index (χ4v) is 10.7. The van der Waals surface area contributed by atoms with E-state index >= 15 is 0 Å². The first kappa shape index (κ1) is 50.1. The molecule has 0 radical (unpaired) electrons. The number of hydrogen-bond donors (Lipinski definition) is 1. The van der Waals surface area contributed by atoms with Gasteiger partial charge in [0.25, 0.3) is 11.8 Å². The second-order valence-electron chi connectivity index (χ2n) is 19.4. The molecule has 17 heteroatoms. The van der Waals surface area contributed by atoms with Gasteiger partial charge < -0.3 is 33.1 Å². The fraction of sp³-hybridized carbons (Fsp3) is 0.411. The van der Waals surface area contributed by atoms with Gasteiger partial charge in [0.05, 0.1) is 44.5 Å². The number of carbonyl (C=O) groups is 3. The molecule has 376 valence electrons. The highest BCUT2D eigenvalue weighted by Crippen LogP contribution is 2.57. The van der Waals surface area contributed by atoms with Crippen molar-refractivity contribution in [1.29, 1.82) is 0 Å². The molecule has 1 aliphatic heterocycles. The number of aromatic nitrogens is 4. The normalized spacial score (nSPS) is 17.8. The number of carboxylic acids is 1. The molecule has 0 bridgehead atoms. The average Bonchev–Trinajstić information content (AvgIpc) is 4.19. The van der Waals surface area contributed by atoms with E-state index in [1.807, 2.05) is 64.1 Å². The number of benzene rings is 4. The molecule has 10 rings (SSSR count). The van der Waals surface area contributed by atoms with Crippen molar-refractivity contribution in [3.8, 4) is 57.2 Å². The lowest BCUT2D eigenvalue weighted by Crippen LogP contribution is -2.52. The van der Waals surface area contributed by atoms with Crippen LogP contribution in [0, 0.1) is 30.4 Å². The lowest BCUT2D eigenvalue weighted by Gasteiger charge is -2.45. The van der Waals surface area contributed by atoms with E-state index in [0.29, 0.717) is 83.4 Å². The summed E-state index contributed by atoms with van der Waals surface area (Å²) in [5, 5.41) is 17.7. The molecule has 4 aliphatic rings. The number of hydrogen-bond acceptors (Lipinski definition) is 14. The number of likely N-dealkylation sites (tertiary alicyclic amines) is 1. The van der Waals surface area contributed by atoms with Crippen LogP contribution < -0.4 is 9.47 Å². The molecular weight excluding hydrogens is 931 g/mol. The smallest absolute Gasteiger partial charge is 0.323 e. The Morgan fingerprint density at radius 3 is 1.70 bits per heavy atom. The predicted molar refractivity (Wildman–Crippen MR) is 268 cm³/mol. The van der Waals surface area contributed by atoms with Gasteiger partial charge in [-0.25, -0.2) is 9.69 Å². The Morgan fingerprint density at radius 2 is 1.22 bits per heavy atom. The lowest BCUT2D eigenvalue weighted by atomic mass is 9.57. The Hall–Kier alpha value is -7.89. The molecule has 3 aliphatic carbocycles. The summed E-state index contributed by atoms with van der Waals surface area (Å²) in [6, 6.07) is 23.0. The first-order valence-corrected chi connectivity index (χ1v) is 24.9. The van der Waals surface area contributed by atoms with Crippen molar-refractivity contribution in [2.24, 2.45) is 17.3 Å². The monoisotopic (exact) mass is 987 g/mol. The first-order chi connectivity index (χ1) is 35.2. The molecule has 0 unspecified atom stereocenters. The molecule has 6 aromatic rings. The molecule has 3 heterocycles. The topological polar surface area (TPSA) is 198 Å². The number of esters is 2. The highest BCUT2D eigenvalue weighted by molar-refractivity contribution is 6.01. The predicted octanol–water partition coefficient (Wildman–Crippen LogP) is 11.0. The van der Waals surface area contributed by atoms with Crippen molar-refractivity contribution in [2.75, 3.05) is 26.3 Å². The molecule has 2 atom stereocenters. The number of carboxylic acid groups (broad SMARTS) is 1. The number of aliphatic carboxylic acids is 1. The van der Waals surface area contributed by atoms with Crippen molar-refractivity contribution >= 4 is 29.3 Å². The molecule has 1 saturated heterocycles. The van der Waals surface area contributed by atoms with Crippen LogP contribution in [0.4, 0.5) is 11.4 Å². The van der Waals surface area contributed by atoms with Crippen molar-refractivity contribution in [2.45, 2.75) is 104 Å². The molecule has 2 aromatic heterocycles. The lowest BCUT2D eigenvalue weighted by molar-refractivity contribution is -0.184. The Kier molecular flexibility index (Phi) is 14.4. The van der Waals surface area contributed by atoms with Gasteiger partial charge in [-0.15, -0.1) is 0 Å². The largest absolute Gasteiger partial charge is 0.502 e. The second-order valence-corrected chi connectivity index (χ2v) is 19.4. The van der Waals surface area contributed by atoms with E-state index in [0.717, 1.165) is 42.4 Å². The Morgan fingerprint density at radius 1 is 0.726 bits per heavy atom. The standard InChI is InChI=1S/C31H33N3O6.C25H24N4O4/c1-6-37-29(35)31(30(36)38-7-2)16-20(17-31)21-12-13-23-22(21)9-8-10-24(23)27-33-28(40-34-27)19-11-14-26(39-18(3)4)25(15-19)32-5;1-14(2)32-22-10-7-15(11-20(22)26-3)24-27-23(28-33-24)19-6-4-5-18-17(19)8-9-21(18)29-12-16(13-29)25(30)31/h8-11,14-15,18,20-21H,6-7,12-13,16-17H2,1-4H3;4-7,10-11,14,16,21H,8-9,12-13H2,1-2H3,(H,30,31)/t2*21-/m10/s1. The number of nitrogens with zero attached hydrogens (tertiary/aromatic N) is 7. The van der Waals surface area contributed by atoms with E-state index in [9.17, 15) is 19.5 Å². The molecule has 0 amide bonds. The van der Waals surface area contributed by atoms with Gasteiger partial charge in [0, 0.05) is 41.4 Å². The van der Waals surface area contributed by atoms with Gasteiger partial charge >= 0.3 is 17.9 Å². The minimum absolute atomic E-state index is 0.0263. The maximum absolute atomic E-state index is 12.8. The summed E-state index contributed by atoms with van der Waals surface area (Å²) in [6.45, 7) is 27.8. The highest BCUT2D eigenvalue weighted by atomic mass is 16.6. The quantitative estimate of drug-likeness (QED) is 0.0578. The SMILES string of the molecule is [C-]#[N+]c1cc(-c2nc(-c3cccc4c3CC[C@@H]4C3CC(C(=O)OCC)(C(=O)OCC)C3)no2)ccc1OC(C)C.[C-]#[N+]c1cc(-c2nc(-c3cccc4c3CC[C@@H]4N3CC(C(=O)O)C3)no2)ccc1OC(C)C. The first-order valence-electron chi connectivity index (χ1n) is 24.9. The third kappa shape index (κ3) is 9.89. The van der Waals surface area contributed by atoms with Crippen molar-refractivity contribution in [1.82, 2.24) is 25.2 Å². The zero-order valence-electron chi connectivity index (χ0n) is 41.7. The minimum Gasteiger partial charge on any atom is -0.502 e. The van der Waals surface area contributed by atoms with Crippen LogP contribution in [0.25, 0.3) is 55.4 Å². The summed E-state index contributed by atoms with van der Waals surface area (Å²) >= 11 is 0. The summed E-state index contributed by atoms with van der Waals surface area (Å²) in [6.07, 6.45) is 4.36. The van der Waals surface area contributed by atoms with Crippen molar-refractivity contribution in [3.63, 3.8) is 0 Å². The molecule has 73 heavy (non-hydrogen) atoms. The van der Waals surface area contributed by atoms with Crippen LogP contribution in [0.1, 0.15) is 101 Å². The van der Waals surface area contributed by atoms with Gasteiger partial charge in [0.2, 0.25) is 23.0 Å². The highest BCUT2D eigenvalue weighted by Gasteiger charge is 2.60. The average molecular weight is 988 g/mol. The molecule has 0 spiro atoms. The third-order valence-corrected chi connectivity index (χ3v) is 14.1. The fourth-order valence-electron chi connectivity index (χ4n) is 10.7. The second kappa shape index (κ2) is 21.1. The Labute approximate surface area is 423 Å². The van der Waals surface area contributed by atoms with Crippen LogP contribution >= 0.6 is 0 Å². The summed E-state index contributed by atoms with van der Waals surface area (Å²) in [7, 11) is 0. The maximum Gasteiger partial charge on any atom is 0.323 e. The van der Waals surface area contributed by atoms with Crippen LogP contribution in [0.2, 0.25) is 0 Å². The van der Waals surface area contributed by atoms with Crippen molar-refractivity contribution < 1.29 is 47.5 Å². The van der Waals surface area contributed by atoms with Gasteiger partial charge in [-0.1, -0.05) is 46.7 Å². The number of carbonyl (C=O) groups excluding carboxylic acids is 2. The van der Waals surface area contributed by atoms with Gasteiger partial charge in [0.15, 0.2) is 5.41 Å². The van der Waals surface area contributed by atoms with E-state index in [2.05, 4.69) is 47.0 Å². The Bertz CT molecular complexity index is 3110. The number of ether oxygens (including phenoxy) is 4. The van der Waals surface area contributed by atoms with Crippen LogP contribution in [-0.4, -0.2) is 86.7 Å². The summed E-state index contributed by atoms with van der Waals surface area (Å²) in [5.74, 6) is 1.16. The molecule has 17 nitrogen and oxygen atoms in total. The minimum atomic E-state index is -1.21. The van der Waals surface area contributed by atoms with Crippen LogP contribution in [0.5, 0.6) is 11.5 Å². The van der Waals surface area contributed by atoms with Gasteiger partial charge in [-0.3, -0.25) is 19.3 Å². The Balaban J connectivity index is 0.000000183. The molecular formula is C56H57N7O10. The molecule has 4 aromatic carbocycles. The zero-order valence-corrected chi connectivity index (χ0v) is 41.7.